The highest BCUT2D eigenvalue weighted by atomic mass is 16.3. The van der Waals surface area contributed by atoms with Crippen LogP contribution in [0.25, 0.3) is 0 Å². The smallest absolute Gasteiger partial charge is 0.0584 e. The molecule has 1 aliphatic rings. The van der Waals surface area contributed by atoms with Crippen molar-refractivity contribution in [3.05, 3.63) is 29.3 Å². The van der Waals surface area contributed by atoms with E-state index in [1.165, 1.54) is 11.1 Å². The summed E-state index contributed by atoms with van der Waals surface area (Å²) in [5.41, 5.74) is 9.31. The van der Waals surface area contributed by atoms with Gasteiger partial charge in [0.25, 0.3) is 0 Å². The van der Waals surface area contributed by atoms with E-state index in [-0.39, 0.29) is 12.6 Å². The molecule has 0 radical (unpaired) electrons. The molecule has 0 saturated heterocycles. The second-order valence-corrected chi connectivity index (χ2v) is 4.50. The average Bonchev–Trinajstić information content (AvgIpc) is 2.68. The molecule has 1 aliphatic carbocycles. The Morgan fingerprint density at radius 1 is 1.56 bits per heavy atom. The van der Waals surface area contributed by atoms with Crippen molar-refractivity contribution in [2.75, 3.05) is 12.3 Å². The topological polar surface area (TPSA) is 58.3 Å². The zero-order valence-electron chi connectivity index (χ0n) is 9.74. The SMILES string of the molecule is CC[C@@H](CO)NC1CCc2cc(N)ccc21. The first-order valence-electron chi connectivity index (χ1n) is 5.99. The molecular weight excluding hydrogens is 200 g/mol. The van der Waals surface area contributed by atoms with Gasteiger partial charge in [0, 0.05) is 17.8 Å². The monoisotopic (exact) mass is 220 g/mol. The lowest BCUT2D eigenvalue weighted by molar-refractivity contribution is 0.227. The van der Waals surface area contributed by atoms with Crippen LogP contribution in [-0.2, 0) is 6.42 Å². The van der Waals surface area contributed by atoms with E-state index in [0.29, 0.717) is 6.04 Å². The molecule has 0 spiro atoms. The molecule has 4 N–H and O–H groups in total. The number of nitrogens with one attached hydrogen (secondary N) is 1. The van der Waals surface area contributed by atoms with Gasteiger partial charge in [0.05, 0.1) is 6.61 Å². The Bertz CT molecular complexity index is 361. The van der Waals surface area contributed by atoms with Crippen molar-refractivity contribution < 1.29 is 5.11 Å². The van der Waals surface area contributed by atoms with E-state index in [9.17, 15) is 5.11 Å². The molecule has 0 aliphatic heterocycles. The lowest BCUT2D eigenvalue weighted by Gasteiger charge is -2.20. The summed E-state index contributed by atoms with van der Waals surface area (Å²) in [4.78, 5) is 0. The Morgan fingerprint density at radius 3 is 3.06 bits per heavy atom. The maximum atomic E-state index is 9.20. The fourth-order valence-electron chi connectivity index (χ4n) is 2.39. The Morgan fingerprint density at radius 2 is 2.38 bits per heavy atom. The highest BCUT2D eigenvalue weighted by Crippen LogP contribution is 2.32. The van der Waals surface area contributed by atoms with Gasteiger partial charge in [0.15, 0.2) is 0 Å². The molecular formula is C13H20N2O. The van der Waals surface area contributed by atoms with Crippen molar-refractivity contribution in [2.24, 2.45) is 0 Å². The maximum Gasteiger partial charge on any atom is 0.0584 e. The fourth-order valence-corrected chi connectivity index (χ4v) is 2.39. The highest BCUT2D eigenvalue weighted by molar-refractivity contribution is 5.47. The van der Waals surface area contributed by atoms with E-state index < -0.39 is 0 Å². The van der Waals surface area contributed by atoms with E-state index in [2.05, 4.69) is 24.4 Å². The summed E-state index contributed by atoms with van der Waals surface area (Å²) in [6.45, 7) is 2.30. The quantitative estimate of drug-likeness (QED) is 0.676. The number of nitrogen functional groups attached to an aromatic ring is 1. The van der Waals surface area contributed by atoms with Gasteiger partial charge in [-0.15, -0.1) is 0 Å². The number of aliphatic hydroxyl groups is 1. The second kappa shape index (κ2) is 4.85. The Labute approximate surface area is 96.7 Å². The number of hydrogen-bond acceptors (Lipinski definition) is 3. The van der Waals surface area contributed by atoms with Crippen molar-refractivity contribution >= 4 is 5.69 Å². The third-order valence-electron chi connectivity index (χ3n) is 3.39. The van der Waals surface area contributed by atoms with Crippen LogP contribution in [0.1, 0.15) is 36.9 Å². The molecule has 1 unspecified atom stereocenters. The lowest BCUT2D eigenvalue weighted by atomic mass is 10.1. The summed E-state index contributed by atoms with van der Waals surface area (Å²) < 4.78 is 0. The molecule has 3 nitrogen and oxygen atoms in total. The van der Waals surface area contributed by atoms with Crippen LogP contribution in [0.3, 0.4) is 0 Å². The van der Waals surface area contributed by atoms with Crippen LogP contribution < -0.4 is 11.1 Å². The van der Waals surface area contributed by atoms with Crippen LogP contribution in [-0.4, -0.2) is 17.8 Å². The van der Waals surface area contributed by atoms with Crippen LogP contribution in [0.5, 0.6) is 0 Å². The molecule has 3 heteroatoms. The van der Waals surface area contributed by atoms with Crippen LogP contribution in [0.2, 0.25) is 0 Å². The predicted octanol–water partition coefficient (Wildman–Crippen LogP) is 1.62. The van der Waals surface area contributed by atoms with E-state index in [1.807, 2.05) is 6.07 Å². The average molecular weight is 220 g/mol. The van der Waals surface area contributed by atoms with E-state index in [1.54, 1.807) is 0 Å². The highest BCUT2D eigenvalue weighted by Gasteiger charge is 2.23. The summed E-state index contributed by atoms with van der Waals surface area (Å²) in [5.74, 6) is 0. The van der Waals surface area contributed by atoms with Gasteiger partial charge in [-0.3, -0.25) is 0 Å². The van der Waals surface area contributed by atoms with Crippen molar-refractivity contribution in [1.29, 1.82) is 0 Å². The van der Waals surface area contributed by atoms with Gasteiger partial charge in [0.2, 0.25) is 0 Å². The first-order chi connectivity index (χ1) is 7.74. The third kappa shape index (κ3) is 2.20. The number of fused-ring (bicyclic) bond motifs is 1. The third-order valence-corrected chi connectivity index (χ3v) is 3.39. The predicted molar refractivity (Wildman–Crippen MR) is 66.2 cm³/mol. The molecule has 0 aromatic heterocycles. The molecule has 88 valence electrons. The molecule has 0 amide bonds. The van der Waals surface area contributed by atoms with Gasteiger partial charge in [-0.05, 0) is 42.5 Å². The first kappa shape index (κ1) is 11.4. The molecule has 0 saturated carbocycles. The molecule has 1 aromatic carbocycles. The van der Waals surface area contributed by atoms with Crippen molar-refractivity contribution in [2.45, 2.75) is 38.3 Å². The standard InChI is InChI=1S/C13H20N2O/c1-2-11(8-16)15-13-6-3-9-7-10(14)4-5-12(9)13/h4-5,7,11,13,15-16H,2-3,6,8,14H2,1H3/t11-,13?/m0/s1. The summed E-state index contributed by atoms with van der Waals surface area (Å²) in [5, 5.41) is 12.7. The van der Waals surface area contributed by atoms with Crippen molar-refractivity contribution in [1.82, 2.24) is 5.32 Å². The van der Waals surface area contributed by atoms with Crippen LogP contribution in [0.4, 0.5) is 5.69 Å². The second-order valence-electron chi connectivity index (χ2n) is 4.50. The number of hydrogen-bond donors (Lipinski definition) is 3. The number of aryl methyl sites for hydroxylation is 1. The molecule has 0 bridgehead atoms. The first-order valence-corrected chi connectivity index (χ1v) is 5.99. The van der Waals surface area contributed by atoms with Gasteiger partial charge in [0.1, 0.15) is 0 Å². The summed E-state index contributed by atoms with van der Waals surface area (Å²) in [6.07, 6.45) is 3.15. The summed E-state index contributed by atoms with van der Waals surface area (Å²) in [7, 11) is 0. The molecule has 2 atom stereocenters. The minimum absolute atomic E-state index is 0.202. The van der Waals surface area contributed by atoms with Crippen LogP contribution in [0.15, 0.2) is 18.2 Å². The number of rotatable bonds is 4. The summed E-state index contributed by atoms with van der Waals surface area (Å²) in [6, 6.07) is 6.72. The molecule has 16 heavy (non-hydrogen) atoms. The largest absolute Gasteiger partial charge is 0.399 e. The number of anilines is 1. The number of aliphatic hydroxyl groups excluding tert-OH is 1. The summed E-state index contributed by atoms with van der Waals surface area (Å²) >= 11 is 0. The van der Waals surface area contributed by atoms with Gasteiger partial charge < -0.3 is 16.2 Å². The number of nitrogens with two attached hydrogens (primary N) is 1. The zero-order chi connectivity index (χ0) is 11.5. The van der Waals surface area contributed by atoms with Gasteiger partial charge >= 0.3 is 0 Å². The van der Waals surface area contributed by atoms with E-state index in [4.69, 9.17) is 5.73 Å². The van der Waals surface area contributed by atoms with Crippen LogP contribution >= 0.6 is 0 Å². The van der Waals surface area contributed by atoms with E-state index >= 15 is 0 Å². The van der Waals surface area contributed by atoms with Gasteiger partial charge in [-0.25, -0.2) is 0 Å². The maximum absolute atomic E-state index is 9.20. The number of benzene rings is 1. The Kier molecular flexibility index (Phi) is 3.46. The minimum Gasteiger partial charge on any atom is -0.399 e. The minimum atomic E-state index is 0.202. The lowest BCUT2D eigenvalue weighted by Crippen LogP contribution is -2.34. The normalized spacial score (nSPS) is 20.8. The van der Waals surface area contributed by atoms with Crippen molar-refractivity contribution in [3.63, 3.8) is 0 Å². The van der Waals surface area contributed by atoms with Crippen molar-refractivity contribution in [3.8, 4) is 0 Å². The zero-order valence-corrected chi connectivity index (χ0v) is 9.74. The van der Waals surface area contributed by atoms with Gasteiger partial charge in [-0.1, -0.05) is 13.0 Å². The fraction of sp³-hybridized carbons (Fsp3) is 0.538. The van der Waals surface area contributed by atoms with Gasteiger partial charge in [-0.2, -0.15) is 0 Å². The van der Waals surface area contributed by atoms with E-state index in [0.717, 1.165) is 24.9 Å². The molecule has 0 fully saturated rings. The van der Waals surface area contributed by atoms with Crippen LogP contribution in [0, 0.1) is 0 Å². The Hall–Kier alpha value is -1.06. The molecule has 2 rings (SSSR count). The molecule has 1 aromatic rings. The molecule has 0 heterocycles. The Balaban J connectivity index is 2.11.